The van der Waals surface area contributed by atoms with Gasteiger partial charge in [0.2, 0.25) is 0 Å². The van der Waals surface area contributed by atoms with Crippen LogP contribution < -0.4 is 14.8 Å². The molecule has 0 unspecified atom stereocenters. The van der Waals surface area contributed by atoms with Gasteiger partial charge in [0.25, 0.3) is 0 Å². The lowest BCUT2D eigenvalue weighted by molar-refractivity contribution is 0.189. The molecule has 146 valence electrons. The zero-order valence-corrected chi connectivity index (χ0v) is 17.0. The number of benzene rings is 2. The summed E-state index contributed by atoms with van der Waals surface area (Å²) >= 11 is 6.25. The van der Waals surface area contributed by atoms with Gasteiger partial charge in [-0.15, -0.1) is 0 Å². The minimum atomic E-state index is 0.511. The topological polar surface area (TPSA) is 33.7 Å². The van der Waals surface area contributed by atoms with Crippen molar-refractivity contribution in [3.8, 4) is 11.5 Å². The van der Waals surface area contributed by atoms with Gasteiger partial charge in [0.05, 0.1) is 13.7 Å². The van der Waals surface area contributed by atoms with Crippen molar-refractivity contribution < 1.29 is 9.47 Å². The Labute approximate surface area is 167 Å². The van der Waals surface area contributed by atoms with Gasteiger partial charge in [0, 0.05) is 35.8 Å². The minimum Gasteiger partial charge on any atom is -0.493 e. The van der Waals surface area contributed by atoms with Gasteiger partial charge in [0.1, 0.15) is 0 Å². The predicted molar refractivity (Wildman–Crippen MR) is 111 cm³/mol. The highest BCUT2D eigenvalue weighted by Crippen LogP contribution is 2.35. The number of likely N-dealkylation sites (tertiary alicyclic amines) is 1. The number of nitrogens with zero attached hydrogens (tertiary/aromatic N) is 1. The van der Waals surface area contributed by atoms with Crippen LogP contribution in [0.15, 0.2) is 42.5 Å². The summed E-state index contributed by atoms with van der Waals surface area (Å²) in [4.78, 5) is 2.53. The number of ether oxygens (including phenoxy) is 2. The molecule has 1 N–H and O–H groups in total. The second-order valence-electron chi connectivity index (χ2n) is 6.95. The highest BCUT2D eigenvalue weighted by Gasteiger charge is 2.20. The number of hydrogen-bond acceptors (Lipinski definition) is 4. The third kappa shape index (κ3) is 5.61. The maximum atomic E-state index is 6.25. The summed E-state index contributed by atoms with van der Waals surface area (Å²) in [6, 6.07) is 15.0. The van der Waals surface area contributed by atoms with Crippen LogP contribution >= 0.6 is 11.6 Å². The molecule has 1 saturated heterocycles. The van der Waals surface area contributed by atoms with Crippen LogP contribution in [-0.4, -0.2) is 37.7 Å². The van der Waals surface area contributed by atoms with Gasteiger partial charge in [-0.3, -0.25) is 4.90 Å². The van der Waals surface area contributed by atoms with Crippen molar-refractivity contribution in [2.75, 3.05) is 26.8 Å². The largest absolute Gasteiger partial charge is 0.493 e. The Kier molecular flexibility index (Phi) is 7.39. The van der Waals surface area contributed by atoms with Crippen molar-refractivity contribution in [1.82, 2.24) is 10.2 Å². The molecule has 0 saturated carbocycles. The molecule has 2 aromatic rings. The van der Waals surface area contributed by atoms with Crippen molar-refractivity contribution in [3.05, 3.63) is 58.6 Å². The lowest BCUT2D eigenvalue weighted by Gasteiger charge is -2.32. The molecular weight excluding hydrogens is 360 g/mol. The molecule has 0 atom stereocenters. The third-order valence-corrected chi connectivity index (χ3v) is 5.24. The Hall–Kier alpha value is -1.75. The van der Waals surface area contributed by atoms with E-state index < -0.39 is 0 Å². The van der Waals surface area contributed by atoms with Crippen LogP contribution in [0.5, 0.6) is 11.5 Å². The molecule has 5 heteroatoms. The molecule has 0 aromatic heterocycles. The van der Waals surface area contributed by atoms with E-state index in [2.05, 4.69) is 40.5 Å². The van der Waals surface area contributed by atoms with Gasteiger partial charge in [-0.05, 0) is 44.5 Å². The molecule has 0 bridgehead atoms. The Morgan fingerprint density at radius 3 is 2.56 bits per heavy atom. The van der Waals surface area contributed by atoms with Crippen LogP contribution in [0.3, 0.4) is 0 Å². The van der Waals surface area contributed by atoms with E-state index in [-0.39, 0.29) is 0 Å². The van der Waals surface area contributed by atoms with Crippen molar-refractivity contribution in [2.24, 2.45) is 0 Å². The molecular formula is C22H29ClN2O2. The van der Waals surface area contributed by atoms with Gasteiger partial charge in [-0.25, -0.2) is 0 Å². The van der Waals surface area contributed by atoms with Gasteiger partial charge >= 0.3 is 0 Å². The number of nitrogens with one attached hydrogen (secondary N) is 1. The maximum absolute atomic E-state index is 6.25. The van der Waals surface area contributed by atoms with E-state index in [1.54, 1.807) is 13.2 Å². The van der Waals surface area contributed by atoms with Crippen molar-refractivity contribution in [3.63, 3.8) is 0 Å². The number of halogens is 1. The summed E-state index contributed by atoms with van der Waals surface area (Å²) in [6.45, 7) is 6.58. The first-order valence-corrected chi connectivity index (χ1v) is 10.1. The van der Waals surface area contributed by atoms with E-state index in [0.29, 0.717) is 23.4 Å². The molecule has 0 spiro atoms. The van der Waals surface area contributed by atoms with Gasteiger partial charge < -0.3 is 14.8 Å². The normalized spacial score (nSPS) is 15.7. The Bertz CT molecular complexity index is 716. The highest BCUT2D eigenvalue weighted by atomic mass is 35.5. The van der Waals surface area contributed by atoms with E-state index in [4.69, 9.17) is 21.1 Å². The summed E-state index contributed by atoms with van der Waals surface area (Å²) in [5.74, 6) is 1.48. The lowest BCUT2D eigenvalue weighted by Crippen LogP contribution is -2.41. The Balaban J connectivity index is 1.53. The highest BCUT2D eigenvalue weighted by molar-refractivity contribution is 6.30. The molecule has 3 rings (SSSR count). The predicted octanol–water partition coefficient (Wildman–Crippen LogP) is 4.50. The van der Waals surface area contributed by atoms with Crippen LogP contribution in [0, 0.1) is 0 Å². The average Bonchev–Trinajstić information content (AvgIpc) is 2.69. The SMILES string of the molecule is CCOc1c(CNC2CCN(Cc3ccccc3)CC2)cc(Cl)cc1OC. The van der Waals surface area contributed by atoms with Crippen molar-refractivity contribution in [2.45, 2.75) is 38.9 Å². The first-order chi connectivity index (χ1) is 13.2. The number of piperidine rings is 1. The molecule has 0 amide bonds. The lowest BCUT2D eigenvalue weighted by atomic mass is 10.0. The Morgan fingerprint density at radius 2 is 1.89 bits per heavy atom. The molecule has 27 heavy (non-hydrogen) atoms. The second-order valence-corrected chi connectivity index (χ2v) is 7.38. The minimum absolute atomic E-state index is 0.511. The summed E-state index contributed by atoms with van der Waals surface area (Å²) < 4.78 is 11.2. The van der Waals surface area contributed by atoms with E-state index in [1.807, 2.05) is 13.0 Å². The summed E-state index contributed by atoms with van der Waals surface area (Å²) in [5.41, 5.74) is 2.43. The number of methoxy groups -OCH3 is 1. The first kappa shape index (κ1) is 20.0. The zero-order chi connectivity index (χ0) is 19.1. The smallest absolute Gasteiger partial charge is 0.165 e. The molecule has 0 aliphatic carbocycles. The maximum Gasteiger partial charge on any atom is 0.165 e. The monoisotopic (exact) mass is 388 g/mol. The zero-order valence-electron chi connectivity index (χ0n) is 16.2. The third-order valence-electron chi connectivity index (χ3n) is 5.02. The molecule has 4 nitrogen and oxygen atoms in total. The van der Waals surface area contributed by atoms with Gasteiger partial charge in [0.15, 0.2) is 11.5 Å². The fourth-order valence-corrected chi connectivity index (χ4v) is 3.84. The quantitative estimate of drug-likeness (QED) is 0.721. The van der Waals surface area contributed by atoms with Crippen LogP contribution in [-0.2, 0) is 13.1 Å². The number of rotatable bonds is 8. The van der Waals surface area contributed by atoms with Crippen LogP contribution in [0.2, 0.25) is 5.02 Å². The van der Waals surface area contributed by atoms with Crippen LogP contribution in [0.25, 0.3) is 0 Å². The van der Waals surface area contributed by atoms with Gasteiger partial charge in [-0.2, -0.15) is 0 Å². The second kappa shape index (κ2) is 9.98. The summed E-state index contributed by atoms with van der Waals surface area (Å²) in [6.07, 6.45) is 2.29. The van der Waals surface area contributed by atoms with Gasteiger partial charge in [-0.1, -0.05) is 41.9 Å². The van der Waals surface area contributed by atoms with Crippen molar-refractivity contribution in [1.29, 1.82) is 0 Å². The fraction of sp³-hybridized carbons (Fsp3) is 0.455. The molecule has 1 aliphatic heterocycles. The molecule has 1 heterocycles. The van der Waals surface area contributed by atoms with E-state index in [0.717, 1.165) is 50.3 Å². The Morgan fingerprint density at radius 1 is 1.15 bits per heavy atom. The fourth-order valence-electron chi connectivity index (χ4n) is 3.60. The molecule has 0 radical (unpaired) electrons. The molecule has 1 aliphatic rings. The van der Waals surface area contributed by atoms with Crippen LogP contribution in [0.4, 0.5) is 0 Å². The van der Waals surface area contributed by atoms with Crippen molar-refractivity contribution >= 4 is 11.6 Å². The van der Waals surface area contributed by atoms with Crippen LogP contribution in [0.1, 0.15) is 30.9 Å². The average molecular weight is 389 g/mol. The summed E-state index contributed by atoms with van der Waals surface area (Å²) in [7, 11) is 1.65. The van der Waals surface area contributed by atoms with E-state index in [9.17, 15) is 0 Å². The molecule has 1 fully saturated rings. The number of hydrogen-bond donors (Lipinski definition) is 1. The summed E-state index contributed by atoms with van der Waals surface area (Å²) in [5, 5.41) is 4.35. The molecule has 2 aromatic carbocycles. The standard InChI is InChI=1S/C22H29ClN2O2/c1-3-27-22-18(13-19(23)14-21(22)26-2)15-24-20-9-11-25(12-10-20)16-17-7-5-4-6-8-17/h4-8,13-14,20,24H,3,9-12,15-16H2,1-2H3. The first-order valence-electron chi connectivity index (χ1n) is 9.68. The van der Waals surface area contributed by atoms with E-state index in [1.165, 1.54) is 5.56 Å². The van der Waals surface area contributed by atoms with E-state index >= 15 is 0 Å².